The van der Waals surface area contributed by atoms with Crippen LogP contribution < -0.4 is 10.6 Å². The molecule has 1 aromatic carbocycles. The SMILES string of the molecule is O=C(NC[C@@H]1CCN(C2CC2)C1)Nc1cccc(Cl)c1. The van der Waals surface area contributed by atoms with Crippen LogP contribution in [-0.2, 0) is 0 Å². The minimum Gasteiger partial charge on any atom is -0.338 e. The van der Waals surface area contributed by atoms with E-state index in [0.29, 0.717) is 10.9 Å². The van der Waals surface area contributed by atoms with Crippen LogP contribution >= 0.6 is 11.6 Å². The minimum atomic E-state index is -0.155. The van der Waals surface area contributed by atoms with Gasteiger partial charge in [-0.2, -0.15) is 0 Å². The minimum absolute atomic E-state index is 0.155. The highest BCUT2D eigenvalue weighted by Crippen LogP contribution is 2.31. The molecule has 2 aliphatic rings. The zero-order chi connectivity index (χ0) is 13.9. The van der Waals surface area contributed by atoms with Crippen molar-refractivity contribution in [2.45, 2.75) is 25.3 Å². The van der Waals surface area contributed by atoms with Gasteiger partial charge in [0.1, 0.15) is 0 Å². The Morgan fingerprint density at radius 1 is 1.35 bits per heavy atom. The van der Waals surface area contributed by atoms with Gasteiger partial charge in [0.05, 0.1) is 0 Å². The number of rotatable bonds is 4. The summed E-state index contributed by atoms with van der Waals surface area (Å²) in [6.07, 6.45) is 3.90. The Hall–Kier alpha value is -1.26. The Morgan fingerprint density at radius 2 is 2.20 bits per heavy atom. The first kappa shape index (κ1) is 13.7. The zero-order valence-corrected chi connectivity index (χ0v) is 12.2. The van der Waals surface area contributed by atoms with Crippen molar-refractivity contribution in [3.05, 3.63) is 29.3 Å². The number of hydrogen-bond acceptors (Lipinski definition) is 2. The van der Waals surface area contributed by atoms with Gasteiger partial charge < -0.3 is 15.5 Å². The molecular weight excluding hydrogens is 274 g/mol. The number of nitrogens with one attached hydrogen (secondary N) is 2. The van der Waals surface area contributed by atoms with Gasteiger partial charge in [-0.25, -0.2) is 4.79 Å². The number of likely N-dealkylation sites (tertiary alicyclic amines) is 1. The molecule has 2 N–H and O–H groups in total. The van der Waals surface area contributed by atoms with Crippen molar-refractivity contribution in [1.29, 1.82) is 0 Å². The topological polar surface area (TPSA) is 44.4 Å². The molecule has 4 nitrogen and oxygen atoms in total. The molecule has 2 fully saturated rings. The van der Waals surface area contributed by atoms with Crippen molar-refractivity contribution in [3.8, 4) is 0 Å². The van der Waals surface area contributed by atoms with Crippen molar-refractivity contribution in [2.75, 3.05) is 25.0 Å². The molecule has 5 heteroatoms. The quantitative estimate of drug-likeness (QED) is 0.896. The Bertz CT molecular complexity index is 490. The molecule has 0 radical (unpaired) electrons. The first-order chi connectivity index (χ1) is 9.70. The summed E-state index contributed by atoms with van der Waals surface area (Å²) in [5.41, 5.74) is 0.723. The summed E-state index contributed by atoms with van der Waals surface area (Å²) in [6.45, 7) is 3.06. The molecule has 1 aromatic rings. The van der Waals surface area contributed by atoms with E-state index in [2.05, 4.69) is 15.5 Å². The number of hydrogen-bond donors (Lipinski definition) is 2. The molecule has 3 rings (SSSR count). The smallest absolute Gasteiger partial charge is 0.319 e. The zero-order valence-electron chi connectivity index (χ0n) is 11.4. The van der Waals surface area contributed by atoms with E-state index in [9.17, 15) is 4.79 Å². The van der Waals surface area contributed by atoms with Gasteiger partial charge in [-0.05, 0) is 49.9 Å². The number of amides is 2. The summed E-state index contributed by atoms with van der Waals surface area (Å²) in [7, 11) is 0. The Morgan fingerprint density at radius 3 is 2.95 bits per heavy atom. The highest BCUT2D eigenvalue weighted by atomic mass is 35.5. The van der Waals surface area contributed by atoms with E-state index in [1.54, 1.807) is 12.1 Å². The average molecular weight is 294 g/mol. The highest BCUT2D eigenvalue weighted by molar-refractivity contribution is 6.30. The van der Waals surface area contributed by atoms with Crippen LogP contribution in [0.5, 0.6) is 0 Å². The predicted molar refractivity (Wildman–Crippen MR) is 81.2 cm³/mol. The number of carbonyl (C=O) groups is 1. The first-order valence-corrected chi connectivity index (χ1v) is 7.63. The Labute approximate surface area is 124 Å². The number of urea groups is 1. The molecule has 0 unspecified atom stereocenters. The fourth-order valence-electron chi connectivity index (χ4n) is 2.78. The maximum Gasteiger partial charge on any atom is 0.319 e. The molecule has 1 heterocycles. The molecule has 1 aliphatic heterocycles. The second-order valence-corrected chi connectivity index (χ2v) is 6.16. The summed E-state index contributed by atoms with van der Waals surface area (Å²) < 4.78 is 0. The molecule has 1 saturated heterocycles. The second-order valence-electron chi connectivity index (χ2n) is 5.73. The molecule has 20 heavy (non-hydrogen) atoms. The molecule has 108 valence electrons. The van der Waals surface area contributed by atoms with Crippen LogP contribution in [0.4, 0.5) is 10.5 Å². The molecule has 1 atom stereocenters. The normalized spacial score (nSPS) is 22.8. The number of halogens is 1. The lowest BCUT2D eigenvalue weighted by atomic mass is 10.1. The maximum absolute atomic E-state index is 11.8. The van der Waals surface area contributed by atoms with Crippen molar-refractivity contribution >= 4 is 23.3 Å². The van der Waals surface area contributed by atoms with Crippen LogP contribution in [0.3, 0.4) is 0 Å². The van der Waals surface area contributed by atoms with Crippen molar-refractivity contribution < 1.29 is 4.79 Å². The largest absolute Gasteiger partial charge is 0.338 e. The van der Waals surface area contributed by atoms with Gasteiger partial charge in [0.25, 0.3) is 0 Å². The van der Waals surface area contributed by atoms with Crippen LogP contribution in [0.25, 0.3) is 0 Å². The molecule has 1 saturated carbocycles. The van der Waals surface area contributed by atoms with E-state index in [4.69, 9.17) is 11.6 Å². The first-order valence-electron chi connectivity index (χ1n) is 7.25. The van der Waals surface area contributed by atoms with Gasteiger partial charge in [0.15, 0.2) is 0 Å². The van der Waals surface area contributed by atoms with Crippen molar-refractivity contribution in [1.82, 2.24) is 10.2 Å². The van der Waals surface area contributed by atoms with E-state index < -0.39 is 0 Å². The number of carbonyl (C=O) groups excluding carboxylic acids is 1. The van der Waals surface area contributed by atoms with E-state index in [1.807, 2.05) is 12.1 Å². The third-order valence-electron chi connectivity index (χ3n) is 4.01. The van der Waals surface area contributed by atoms with Gasteiger partial charge in [-0.3, -0.25) is 0 Å². The van der Waals surface area contributed by atoms with E-state index >= 15 is 0 Å². The van der Waals surface area contributed by atoms with E-state index in [0.717, 1.165) is 24.8 Å². The monoisotopic (exact) mass is 293 g/mol. The summed E-state index contributed by atoms with van der Waals surface area (Å²) >= 11 is 5.88. The van der Waals surface area contributed by atoms with Crippen LogP contribution in [-0.4, -0.2) is 36.6 Å². The summed E-state index contributed by atoms with van der Waals surface area (Å²) in [5, 5.41) is 6.38. The van der Waals surface area contributed by atoms with Crippen LogP contribution in [0, 0.1) is 5.92 Å². The fraction of sp³-hybridized carbons (Fsp3) is 0.533. The van der Waals surface area contributed by atoms with Gasteiger partial charge in [-0.15, -0.1) is 0 Å². The molecule has 1 aliphatic carbocycles. The lowest BCUT2D eigenvalue weighted by Gasteiger charge is -2.15. The highest BCUT2D eigenvalue weighted by Gasteiger charge is 2.34. The van der Waals surface area contributed by atoms with Gasteiger partial charge >= 0.3 is 6.03 Å². The molecule has 0 spiro atoms. The molecule has 0 bridgehead atoms. The van der Waals surface area contributed by atoms with Crippen molar-refractivity contribution in [2.24, 2.45) is 5.92 Å². The summed E-state index contributed by atoms with van der Waals surface area (Å²) in [5.74, 6) is 0.584. The van der Waals surface area contributed by atoms with E-state index in [-0.39, 0.29) is 6.03 Å². The van der Waals surface area contributed by atoms with Gasteiger partial charge in [0.2, 0.25) is 0 Å². The summed E-state index contributed by atoms with van der Waals surface area (Å²) in [6, 6.07) is 7.86. The van der Waals surface area contributed by atoms with Gasteiger partial charge in [-0.1, -0.05) is 17.7 Å². The lowest BCUT2D eigenvalue weighted by molar-refractivity contribution is 0.249. The average Bonchev–Trinajstić information content (AvgIpc) is 3.16. The Balaban J connectivity index is 1.41. The Kier molecular flexibility index (Phi) is 4.13. The van der Waals surface area contributed by atoms with Crippen molar-refractivity contribution in [3.63, 3.8) is 0 Å². The predicted octanol–water partition coefficient (Wildman–Crippen LogP) is 2.95. The fourth-order valence-corrected chi connectivity index (χ4v) is 2.97. The third-order valence-corrected chi connectivity index (χ3v) is 4.25. The maximum atomic E-state index is 11.8. The van der Waals surface area contributed by atoms with Crippen LogP contribution in [0.15, 0.2) is 24.3 Å². The molecule has 0 aromatic heterocycles. The third kappa shape index (κ3) is 3.64. The molecule has 2 amide bonds. The summed E-state index contributed by atoms with van der Waals surface area (Å²) in [4.78, 5) is 14.4. The van der Waals surface area contributed by atoms with Crippen LogP contribution in [0.1, 0.15) is 19.3 Å². The van der Waals surface area contributed by atoms with E-state index in [1.165, 1.54) is 25.8 Å². The molecular formula is C15H20ClN3O. The standard InChI is InChI=1S/C15H20ClN3O/c16-12-2-1-3-13(8-12)18-15(20)17-9-11-6-7-19(10-11)14-4-5-14/h1-3,8,11,14H,4-7,9-10H2,(H2,17,18,20)/t11-/m0/s1. The van der Waals surface area contributed by atoms with Crippen LogP contribution in [0.2, 0.25) is 5.02 Å². The number of benzene rings is 1. The second kappa shape index (κ2) is 6.02. The lowest BCUT2D eigenvalue weighted by Crippen LogP contribution is -2.34. The number of anilines is 1. The number of nitrogens with zero attached hydrogens (tertiary/aromatic N) is 1. The van der Waals surface area contributed by atoms with Gasteiger partial charge in [0, 0.05) is 29.8 Å².